The van der Waals surface area contributed by atoms with Crippen LogP contribution in [0.15, 0.2) is 0 Å². The molecular formula is H11NO6Si5. The van der Waals surface area contributed by atoms with Crippen LogP contribution < -0.4 is 5.90 Å². The second-order valence-electron chi connectivity index (χ2n) is 1.84. The molecule has 0 saturated carbocycles. The molecule has 0 aromatic carbocycles. The standard InChI is InChI=1S/H11NO6Si5/c1-2-12-6-10-4-8-3-9-5-11-7-12/h12H,1,8-11H2. The molecule has 0 amide bonds. The van der Waals surface area contributed by atoms with Gasteiger partial charge in [0.2, 0.25) is 0 Å². The van der Waals surface area contributed by atoms with E-state index < -0.39 is 49.6 Å². The SMILES string of the molecule is NO[SiH]1O[SiH2]O[SiH2]O[SiH2]O[SiH2]O1. The van der Waals surface area contributed by atoms with Crippen molar-refractivity contribution in [2.75, 3.05) is 0 Å². The summed E-state index contributed by atoms with van der Waals surface area (Å²) in [6.45, 7) is 0. The normalized spacial score (nSPS) is 36.2. The van der Waals surface area contributed by atoms with Crippen molar-refractivity contribution in [1.29, 1.82) is 0 Å². The van der Waals surface area contributed by atoms with Crippen molar-refractivity contribution < 1.29 is 25.1 Å². The molecule has 0 aliphatic carbocycles. The van der Waals surface area contributed by atoms with E-state index in [4.69, 9.17) is 26.5 Å². The second kappa shape index (κ2) is 7.23. The van der Waals surface area contributed by atoms with Gasteiger partial charge < -0.3 is 20.6 Å². The zero-order valence-corrected chi connectivity index (χ0v) is 13.2. The van der Waals surface area contributed by atoms with Crippen LogP contribution in [0.5, 0.6) is 0 Å². The molecule has 0 bridgehead atoms. The molecule has 0 aromatic heterocycles. The van der Waals surface area contributed by atoms with Crippen molar-refractivity contribution in [2.24, 2.45) is 5.90 Å². The van der Waals surface area contributed by atoms with Crippen molar-refractivity contribution in [3.05, 3.63) is 0 Å². The number of rotatable bonds is 1. The summed E-state index contributed by atoms with van der Waals surface area (Å²) in [6, 6.07) is 0. The zero-order chi connectivity index (χ0) is 8.65. The highest BCUT2D eigenvalue weighted by atomic mass is 28.4. The van der Waals surface area contributed by atoms with Gasteiger partial charge >= 0.3 is 9.53 Å². The van der Waals surface area contributed by atoms with Gasteiger partial charge in [0.15, 0.2) is 0 Å². The van der Waals surface area contributed by atoms with Crippen LogP contribution in [-0.4, -0.2) is 49.6 Å². The Morgan fingerprint density at radius 1 is 0.917 bits per heavy atom. The predicted octanol–water partition coefficient (Wildman–Crippen LogP) is -5.31. The maximum absolute atomic E-state index is 5.18. The molecule has 0 unspecified atom stereocenters. The third-order valence-corrected chi connectivity index (χ3v) is 8.51. The molecule has 1 fully saturated rings. The minimum atomic E-state index is -2.09. The van der Waals surface area contributed by atoms with Gasteiger partial charge in [-0.1, -0.05) is 0 Å². The number of hydrogen-bond donors (Lipinski definition) is 1. The monoisotopic (exact) mass is 261 g/mol. The highest BCUT2D eigenvalue weighted by Gasteiger charge is 2.14. The summed E-state index contributed by atoms with van der Waals surface area (Å²) >= 11 is 0. The fourth-order valence-corrected chi connectivity index (χ4v) is 9.70. The predicted molar refractivity (Wildman–Crippen MR) is 52.0 cm³/mol. The fraction of sp³-hybridized carbons (Fsp3) is 0. The molecule has 12 heteroatoms. The molecule has 0 spiro atoms. The summed E-state index contributed by atoms with van der Waals surface area (Å²) in [5.74, 6) is 4.95. The molecule has 1 heterocycles. The number of nitrogens with two attached hydrogens (primary N) is 1. The maximum atomic E-state index is 5.18. The minimum Gasteiger partial charge on any atom is -0.425 e. The average Bonchev–Trinajstić information content (AvgIpc) is 2.14. The van der Waals surface area contributed by atoms with Crippen molar-refractivity contribution in [3.63, 3.8) is 0 Å². The summed E-state index contributed by atoms with van der Waals surface area (Å²) < 4.78 is 30.4. The molecule has 1 aliphatic heterocycles. The Morgan fingerprint density at radius 3 is 1.92 bits per heavy atom. The summed E-state index contributed by atoms with van der Waals surface area (Å²) in [6.07, 6.45) is 0. The van der Waals surface area contributed by atoms with Crippen LogP contribution in [0.4, 0.5) is 0 Å². The van der Waals surface area contributed by atoms with Gasteiger partial charge in [-0.05, 0) is 0 Å². The summed E-state index contributed by atoms with van der Waals surface area (Å²) in [7, 11) is -5.76. The lowest BCUT2D eigenvalue weighted by Gasteiger charge is -2.16. The minimum absolute atomic E-state index is 0.850. The average molecular weight is 262 g/mol. The van der Waals surface area contributed by atoms with E-state index in [-0.39, 0.29) is 0 Å². The highest BCUT2D eigenvalue weighted by molar-refractivity contribution is 6.55. The van der Waals surface area contributed by atoms with E-state index >= 15 is 0 Å². The van der Waals surface area contributed by atoms with Crippen molar-refractivity contribution in [1.82, 2.24) is 0 Å². The van der Waals surface area contributed by atoms with Gasteiger partial charge in [-0.3, -0.25) is 4.53 Å². The van der Waals surface area contributed by atoms with E-state index in [0.717, 1.165) is 0 Å². The van der Waals surface area contributed by atoms with Gasteiger partial charge in [-0.15, -0.1) is 0 Å². The summed E-state index contributed by atoms with van der Waals surface area (Å²) in [4.78, 5) is 0. The molecule has 1 saturated heterocycles. The van der Waals surface area contributed by atoms with Crippen LogP contribution in [0.2, 0.25) is 0 Å². The molecule has 1 rings (SSSR count). The topological polar surface area (TPSA) is 81.4 Å². The van der Waals surface area contributed by atoms with Crippen molar-refractivity contribution >= 4 is 49.6 Å². The van der Waals surface area contributed by atoms with Crippen LogP contribution in [0.25, 0.3) is 0 Å². The summed E-state index contributed by atoms with van der Waals surface area (Å²) in [5, 5.41) is 0. The highest BCUT2D eigenvalue weighted by Crippen LogP contribution is 1.89. The van der Waals surface area contributed by atoms with Crippen molar-refractivity contribution in [3.8, 4) is 0 Å². The van der Waals surface area contributed by atoms with Gasteiger partial charge in [0.1, 0.15) is 0 Å². The first-order valence-electron chi connectivity index (χ1n) is 3.25. The first-order chi connectivity index (χ1) is 5.93. The largest absolute Gasteiger partial charge is 0.482 e. The molecule has 0 aromatic rings. The van der Waals surface area contributed by atoms with Gasteiger partial charge in [0, 0.05) is 0 Å². The maximum Gasteiger partial charge on any atom is 0.482 e. The molecule has 12 heavy (non-hydrogen) atoms. The van der Waals surface area contributed by atoms with Crippen LogP contribution in [-0.2, 0) is 25.1 Å². The van der Waals surface area contributed by atoms with Gasteiger partial charge in [0.25, 0.3) is 40.0 Å². The van der Waals surface area contributed by atoms with E-state index in [2.05, 4.69) is 4.53 Å². The van der Waals surface area contributed by atoms with Crippen LogP contribution >= 0.6 is 0 Å². The number of hydrogen-bond acceptors (Lipinski definition) is 7. The second-order valence-corrected chi connectivity index (χ2v) is 11.2. The first-order valence-corrected chi connectivity index (χ1v) is 9.29. The Hall–Kier alpha value is 0.804. The third kappa shape index (κ3) is 4.74. The lowest BCUT2D eigenvalue weighted by molar-refractivity contribution is 0.192. The Balaban J connectivity index is 2.17. The van der Waals surface area contributed by atoms with E-state index in [1.165, 1.54) is 0 Å². The molecule has 1 aliphatic rings. The fourth-order valence-electron chi connectivity index (χ4n) is 0.554. The Morgan fingerprint density at radius 2 is 1.42 bits per heavy atom. The van der Waals surface area contributed by atoms with E-state index in [0.29, 0.717) is 0 Å². The van der Waals surface area contributed by atoms with Crippen LogP contribution in [0, 0.1) is 0 Å². The molecule has 72 valence electrons. The van der Waals surface area contributed by atoms with Crippen molar-refractivity contribution in [2.45, 2.75) is 0 Å². The quantitative estimate of drug-likeness (QED) is 0.373. The lowest BCUT2D eigenvalue weighted by Crippen LogP contribution is -2.36. The van der Waals surface area contributed by atoms with E-state index in [1.807, 2.05) is 0 Å². The first kappa shape index (κ1) is 10.9. The Labute approximate surface area is 81.0 Å². The summed E-state index contributed by atoms with van der Waals surface area (Å²) in [5.41, 5.74) is 0. The smallest absolute Gasteiger partial charge is 0.425 e. The van der Waals surface area contributed by atoms with Crippen LogP contribution in [0.3, 0.4) is 0 Å². The molecule has 0 radical (unpaired) electrons. The van der Waals surface area contributed by atoms with Gasteiger partial charge in [0.05, 0.1) is 0 Å². The lowest BCUT2D eigenvalue weighted by atomic mass is 13.6. The van der Waals surface area contributed by atoms with Gasteiger partial charge in [-0.25, -0.2) is 5.90 Å². The van der Waals surface area contributed by atoms with E-state index in [1.54, 1.807) is 0 Å². The third-order valence-electron chi connectivity index (χ3n) is 1.02. The Kier molecular flexibility index (Phi) is 6.56. The molecular weight excluding hydrogens is 250 g/mol. The van der Waals surface area contributed by atoms with E-state index in [9.17, 15) is 0 Å². The molecule has 0 atom stereocenters. The Bertz CT molecular complexity index is 102. The molecule has 7 nitrogen and oxygen atoms in total. The zero-order valence-electron chi connectivity index (χ0n) is 6.43. The molecule has 2 N–H and O–H groups in total. The van der Waals surface area contributed by atoms with Crippen LogP contribution in [0.1, 0.15) is 0 Å². The van der Waals surface area contributed by atoms with Gasteiger partial charge in [-0.2, -0.15) is 0 Å².